The lowest BCUT2D eigenvalue weighted by molar-refractivity contribution is 0.0951. The quantitative estimate of drug-likeness (QED) is 0.694. The molecule has 0 saturated carbocycles. The fraction of sp³-hybridized carbons (Fsp3) is 0.235. The summed E-state index contributed by atoms with van der Waals surface area (Å²) in [5, 5.41) is 5.11. The number of benzene rings is 1. The normalized spacial score (nSPS) is 10.9. The molecule has 2 heterocycles. The van der Waals surface area contributed by atoms with E-state index in [1.165, 1.54) is 13.2 Å². The van der Waals surface area contributed by atoms with Crippen molar-refractivity contribution in [1.82, 2.24) is 14.9 Å². The largest absolute Gasteiger partial charge is 0.383 e. The van der Waals surface area contributed by atoms with Crippen molar-refractivity contribution >= 4 is 28.1 Å². The van der Waals surface area contributed by atoms with E-state index in [1.54, 1.807) is 23.5 Å². The van der Waals surface area contributed by atoms with Crippen LogP contribution in [0.2, 0.25) is 0 Å². The molecule has 1 aromatic carbocycles. The van der Waals surface area contributed by atoms with E-state index < -0.39 is 11.2 Å². The van der Waals surface area contributed by atoms with Crippen LogP contribution in [0.3, 0.4) is 0 Å². The SMILES string of the molecule is COCCn1c(=O)[nH]c2cc(C(=O)NCc3cccs3)ccc2c1=O. The zero-order valence-corrected chi connectivity index (χ0v) is 14.4. The first-order chi connectivity index (χ1) is 12.1. The number of aromatic nitrogens is 2. The highest BCUT2D eigenvalue weighted by Crippen LogP contribution is 2.11. The maximum absolute atomic E-state index is 12.4. The summed E-state index contributed by atoms with van der Waals surface area (Å²) in [6, 6.07) is 8.50. The molecule has 0 radical (unpaired) electrons. The highest BCUT2D eigenvalue weighted by atomic mass is 32.1. The number of carbonyl (C=O) groups is 1. The number of thiophene rings is 1. The third kappa shape index (κ3) is 3.70. The van der Waals surface area contributed by atoms with Gasteiger partial charge in [0, 0.05) is 17.6 Å². The van der Waals surface area contributed by atoms with E-state index in [-0.39, 0.29) is 19.1 Å². The van der Waals surface area contributed by atoms with Gasteiger partial charge in [-0.2, -0.15) is 0 Å². The third-order valence-corrected chi connectivity index (χ3v) is 4.64. The number of carbonyl (C=O) groups excluding carboxylic acids is 1. The Labute approximate surface area is 146 Å². The van der Waals surface area contributed by atoms with E-state index in [4.69, 9.17) is 4.74 Å². The van der Waals surface area contributed by atoms with Gasteiger partial charge >= 0.3 is 5.69 Å². The van der Waals surface area contributed by atoms with Crippen molar-refractivity contribution in [3.05, 3.63) is 67.0 Å². The number of methoxy groups -OCH3 is 1. The second kappa shape index (κ2) is 7.45. The number of H-pyrrole nitrogens is 1. The summed E-state index contributed by atoms with van der Waals surface area (Å²) >= 11 is 1.56. The molecule has 0 unspecified atom stereocenters. The molecule has 130 valence electrons. The van der Waals surface area contributed by atoms with Crippen LogP contribution in [-0.4, -0.2) is 29.2 Å². The standard InChI is InChI=1S/C17H17N3O4S/c1-24-7-6-20-16(22)13-5-4-11(9-14(13)19-17(20)23)15(21)18-10-12-3-2-8-25-12/h2-5,8-9H,6-7,10H2,1H3,(H,18,21)(H,19,23). The predicted octanol–water partition coefficient (Wildman–Crippen LogP) is 1.33. The van der Waals surface area contributed by atoms with Crippen LogP contribution in [0, 0.1) is 0 Å². The minimum Gasteiger partial charge on any atom is -0.383 e. The molecule has 0 fully saturated rings. The van der Waals surface area contributed by atoms with E-state index in [9.17, 15) is 14.4 Å². The van der Waals surface area contributed by atoms with Gasteiger partial charge < -0.3 is 15.0 Å². The first-order valence-electron chi connectivity index (χ1n) is 7.66. The van der Waals surface area contributed by atoms with E-state index >= 15 is 0 Å². The molecule has 0 atom stereocenters. The van der Waals surface area contributed by atoms with Crippen molar-refractivity contribution in [2.24, 2.45) is 0 Å². The van der Waals surface area contributed by atoms with Crippen LogP contribution < -0.4 is 16.6 Å². The van der Waals surface area contributed by atoms with Gasteiger partial charge in [-0.3, -0.25) is 14.2 Å². The maximum Gasteiger partial charge on any atom is 0.328 e. The molecule has 25 heavy (non-hydrogen) atoms. The predicted molar refractivity (Wildman–Crippen MR) is 96.2 cm³/mol. The van der Waals surface area contributed by atoms with E-state index in [0.717, 1.165) is 9.44 Å². The van der Waals surface area contributed by atoms with Crippen molar-refractivity contribution < 1.29 is 9.53 Å². The van der Waals surface area contributed by atoms with Crippen molar-refractivity contribution in [2.45, 2.75) is 13.1 Å². The van der Waals surface area contributed by atoms with Gasteiger partial charge in [0.1, 0.15) is 0 Å². The van der Waals surface area contributed by atoms with Gasteiger partial charge in [0.15, 0.2) is 0 Å². The molecular formula is C17H17N3O4S. The Morgan fingerprint density at radius 2 is 2.16 bits per heavy atom. The highest BCUT2D eigenvalue weighted by Gasteiger charge is 2.11. The highest BCUT2D eigenvalue weighted by molar-refractivity contribution is 7.09. The monoisotopic (exact) mass is 359 g/mol. The summed E-state index contributed by atoms with van der Waals surface area (Å²) in [7, 11) is 1.50. The maximum atomic E-state index is 12.4. The molecule has 0 spiro atoms. The van der Waals surface area contributed by atoms with Gasteiger partial charge in [-0.25, -0.2) is 4.79 Å². The molecule has 8 heteroatoms. The number of fused-ring (bicyclic) bond motifs is 1. The number of nitrogens with zero attached hydrogens (tertiary/aromatic N) is 1. The van der Waals surface area contributed by atoms with Crippen LogP contribution in [-0.2, 0) is 17.8 Å². The Kier molecular flexibility index (Phi) is 5.11. The average molecular weight is 359 g/mol. The number of hydrogen-bond donors (Lipinski definition) is 2. The summed E-state index contributed by atoms with van der Waals surface area (Å²) in [6.45, 7) is 0.866. The summed E-state index contributed by atoms with van der Waals surface area (Å²) in [6.07, 6.45) is 0. The summed E-state index contributed by atoms with van der Waals surface area (Å²) in [5.41, 5.74) is -0.201. The van der Waals surface area contributed by atoms with Gasteiger partial charge in [-0.05, 0) is 29.6 Å². The molecule has 7 nitrogen and oxygen atoms in total. The molecule has 2 aromatic heterocycles. The number of rotatable bonds is 6. The lowest BCUT2D eigenvalue weighted by Gasteiger charge is -2.08. The molecule has 2 N–H and O–H groups in total. The molecule has 1 amide bonds. The van der Waals surface area contributed by atoms with Crippen LogP contribution in [0.5, 0.6) is 0 Å². The first-order valence-corrected chi connectivity index (χ1v) is 8.54. The van der Waals surface area contributed by atoms with Gasteiger partial charge in [0.25, 0.3) is 11.5 Å². The van der Waals surface area contributed by atoms with Crippen LogP contribution in [0.1, 0.15) is 15.2 Å². The molecule has 0 aliphatic heterocycles. The zero-order valence-electron chi connectivity index (χ0n) is 13.6. The topological polar surface area (TPSA) is 93.2 Å². The zero-order chi connectivity index (χ0) is 17.8. The fourth-order valence-electron chi connectivity index (χ4n) is 2.46. The third-order valence-electron chi connectivity index (χ3n) is 3.77. The summed E-state index contributed by atoms with van der Waals surface area (Å²) in [4.78, 5) is 40.4. The number of nitrogens with one attached hydrogen (secondary N) is 2. The minimum absolute atomic E-state index is 0.170. The molecule has 0 aliphatic rings. The summed E-state index contributed by atoms with van der Waals surface area (Å²) < 4.78 is 6.00. The van der Waals surface area contributed by atoms with Crippen molar-refractivity contribution in [3.8, 4) is 0 Å². The second-order valence-electron chi connectivity index (χ2n) is 5.40. The van der Waals surface area contributed by atoms with Gasteiger partial charge in [0.2, 0.25) is 0 Å². The Bertz CT molecular complexity index is 1000. The number of amides is 1. The number of hydrogen-bond acceptors (Lipinski definition) is 5. The number of aromatic amines is 1. The van der Waals surface area contributed by atoms with Crippen molar-refractivity contribution in [1.29, 1.82) is 0 Å². The molecule has 3 aromatic rings. The van der Waals surface area contributed by atoms with Crippen LogP contribution in [0.15, 0.2) is 45.3 Å². The Morgan fingerprint density at radius 3 is 2.88 bits per heavy atom. The second-order valence-corrected chi connectivity index (χ2v) is 6.43. The van der Waals surface area contributed by atoms with Crippen LogP contribution in [0.25, 0.3) is 10.9 Å². The molecular weight excluding hydrogens is 342 g/mol. The summed E-state index contributed by atoms with van der Waals surface area (Å²) in [5.74, 6) is -0.264. The Morgan fingerprint density at radius 1 is 1.32 bits per heavy atom. The Hall–Kier alpha value is -2.71. The molecule has 0 saturated heterocycles. The Balaban J connectivity index is 1.88. The molecule has 0 aliphatic carbocycles. The fourth-order valence-corrected chi connectivity index (χ4v) is 3.11. The van der Waals surface area contributed by atoms with Gasteiger partial charge in [0.05, 0.1) is 30.6 Å². The smallest absolute Gasteiger partial charge is 0.328 e. The van der Waals surface area contributed by atoms with Crippen LogP contribution >= 0.6 is 11.3 Å². The van der Waals surface area contributed by atoms with Gasteiger partial charge in [-0.15, -0.1) is 11.3 Å². The minimum atomic E-state index is -0.523. The van der Waals surface area contributed by atoms with Crippen molar-refractivity contribution in [3.63, 3.8) is 0 Å². The van der Waals surface area contributed by atoms with E-state index in [2.05, 4.69) is 10.3 Å². The molecule has 3 rings (SSSR count). The average Bonchev–Trinajstić information content (AvgIpc) is 3.12. The van der Waals surface area contributed by atoms with E-state index in [1.807, 2.05) is 17.5 Å². The lowest BCUT2D eigenvalue weighted by Crippen LogP contribution is -2.36. The first kappa shape index (κ1) is 17.1. The van der Waals surface area contributed by atoms with Crippen LogP contribution in [0.4, 0.5) is 0 Å². The van der Waals surface area contributed by atoms with E-state index in [0.29, 0.717) is 23.0 Å². The van der Waals surface area contributed by atoms with Gasteiger partial charge in [-0.1, -0.05) is 6.07 Å². The van der Waals surface area contributed by atoms with Crippen molar-refractivity contribution in [2.75, 3.05) is 13.7 Å². The lowest BCUT2D eigenvalue weighted by atomic mass is 10.1. The molecule has 0 bridgehead atoms. The number of ether oxygens (including phenoxy) is 1.